The first-order chi connectivity index (χ1) is 5.29. The van der Waals surface area contributed by atoms with E-state index in [4.69, 9.17) is 0 Å². The average Bonchev–Trinajstić information content (AvgIpc) is 2.77. The molecular formula is C8H11NO2. The van der Waals surface area contributed by atoms with Crippen LogP contribution in [-0.4, -0.2) is 29.2 Å². The fourth-order valence-corrected chi connectivity index (χ4v) is 1.51. The minimum Gasteiger partial charge on any atom is -0.333 e. The van der Waals surface area contributed by atoms with Gasteiger partial charge < -0.3 is 4.90 Å². The second-order valence-corrected chi connectivity index (χ2v) is 3.26. The Bertz CT molecular complexity index is 208. The van der Waals surface area contributed by atoms with Gasteiger partial charge in [-0.25, -0.2) is 0 Å². The lowest BCUT2D eigenvalue weighted by atomic mass is 10.1. The Hall–Kier alpha value is -0.860. The highest BCUT2D eigenvalue weighted by Crippen LogP contribution is 2.28. The summed E-state index contributed by atoms with van der Waals surface area (Å²) < 4.78 is 0. The van der Waals surface area contributed by atoms with E-state index in [1.165, 1.54) is 0 Å². The molecular weight excluding hydrogens is 142 g/mol. The van der Waals surface area contributed by atoms with Gasteiger partial charge in [0.2, 0.25) is 5.78 Å². The van der Waals surface area contributed by atoms with Crippen LogP contribution in [0, 0.1) is 0 Å². The fourth-order valence-electron chi connectivity index (χ4n) is 1.51. The molecule has 2 fully saturated rings. The zero-order valence-corrected chi connectivity index (χ0v) is 6.38. The minimum atomic E-state index is -0.237. The molecule has 1 heterocycles. The molecule has 0 aromatic carbocycles. The van der Waals surface area contributed by atoms with E-state index in [2.05, 4.69) is 0 Å². The van der Waals surface area contributed by atoms with Crippen molar-refractivity contribution in [3.63, 3.8) is 0 Å². The quantitative estimate of drug-likeness (QED) is 0.509. The molecule has 1 amide bonds. The Morgan fingerprint density at radius 1 is 1.27 bits per heavy atom. The largest absolute Gasteiger partial charge is 0.333 e. The van der Waals surface area contributed by atoms with E-state index in [1.807, 2.05) is 0 Å². The van der Waals surface area contributed by atoms with Crippen molar-refractivity contribution < 1.29 is 9.59 Å². The standard InChI is InChI=1S/C8H11NO2/c10-7-2-1-5-9(8(7)11)6-3-4-6/h6H,1-5H2. The van der Waals surface area contributed by atoms with Crippen LogP contribution in [-0.2, 0) is 9.59 Å². The van der Waals surface area contributed by atoms with E-state index in [-0.39, 0.29) is 11.7 Å². The molecule has 11 heavy (non-hydrogen) atoms. The summed E-state index contributed by atoms with van der Waals surface area (Å²) in [5, 5.41) is 0. The molecule has 0 aromatic rings. The Kier molecular flexibility index (Phi) is 1.44. The van der Waals surface area contributed by atoms with Gasteiger partial charge >= 0.3 is 0 Å². The van der Waals surface area contributed by atoms with Crippen LogP contribution in [0.3, 0.4) is 0 Å². The van der Waals surface area contributed by atoms with Crippen LogP contribution < -0.4 is 0 Å². The third-order valence-electron chi connectivity index (χ3n) is 2.29. The molecule has 3 heteroatoms. The van der Waals surface area contributed by atoms with E-state index < -0.39 is 0 Å². The van der Waals surface area contributed by atoms with Crippen molar-refractivity contribution in [2.24, 2.45) is 0 Å². The first kappa shape index (κ1) is 6.83. The van der Waals surface area contributed by atoms with Crippen molar-refractivity contribution in [1.82, 2.24) is 4.90 Å². The van der Waals surface area contributed by atoms with Crippen molar-refractivity contribution in [3.05, 3.63) is 0 Å². The summed E-state index contributed by atoms with van der Waals surface area (Å²) in [7, 11) is 0. The number of carbonyl (C=O) groups is 2. The second-order valence-electron chi connectivity index (χ2n) is 3.26. The molecule has 0 bridgehead atoms. The molecule has 0 atom stereocenters. The van der Waals surface area contributed by atoms with Crippen LogP contribution in [0.4, 0.5) is 0 Å². The molecule has 0 radical (unpaired) electrons. The van der Waals surface area contributed by atoms with Crippen molar-refractivity contribution in [1.29, 1.82) is 0 Å². The maximum Gasteiger partial charge on any atom is 0.290 e. The monoisotopic (exact) mass is 153 g/mol. The molecule has 0 spiro atoms. The summed E-state index contributed by atoms with van der Waals surface area (Å²) in [6.45, 7) is 0.801. The van der Waals surface area contributed by atoms with E-state index in [1.54, 1.807) is 4.90 Å². The van der Waals surface area contributed by atoms with Gasteiger partial charge in [-0.15, -0.1) is 0 Å². The highest BCUT2D eigenvalue weighted by molar-refractivity contribution is 6.36. The smallest absolute Gasteiger partial charge is 0.290 e. The molecule has 0 N–H and O–H groups in total. The van der Waals surface area contributed by atoms with E-state index in [0.717, 1.165) is 25.8 Å². The number of nitrogens with zero attached hydrogens (tertiary/aromatic N) is 1. The summed E-state index contributed by atoms with van der Waals surface area (Å²) in [6.07, 6.45) is 3.52. The highest BCUT2D eigenvalue weighted by Gasteiger charge is 2.37. The summed E-state index contributed by atoms with van der Waals surface area (Å²) in [4.78, 5) is 23.9. The van der Waals surface area contributed by atoms with Crippen LogP contribution >= 0.6 is 0 Å². The van der Waals surface area contributed by atoms with Crippen LogP contribution in [0.2, 0.25) is 0 Å². The fraction of sp³-hybridized carbons (Fsp3) is 0.750. The van der Waals surface area contributed by atoms with E-state index >= 15 is 0 Å². The minimum absolute atomic E-state index is 0.192. The number of carbonyl (C=O) groups excluding carboxylic acids is 2. The number of Topliss-reactive ketones (excluding diaryl/α,β-unsaturated/α-hetero) is 1. The van der Waals surface area contributed by atoms with Gasteiger partial charge in [-0.05, 0) is 19.3 Å². The number of hydrogen-bond acceptors (Lipinski definition) is 2. The molecule has 1 saturated carbocycles. The van der Waals surface area contributed by atoms with Gasteiger partial charge in [-0.2, -0.15) is 0 Å². The summed E-state index contributed by atoms with van der Waals surface area (Å²) >= 11 is 0. The lowest BCUT2D eigenvalue weighted by Gasteiger charge is -2.25. The van der Waals surface area contributed by atoms with Crippen LogP contribution in [0.5, 0.6) is 0 Å². The van der Waals surface area contributed by atoms with E-state index in [0.29, 0.717) is 12.5 Å². The predicted octanol–water partition coefficient (Wildman–Crippen LogP) is 0.340. The first-order valence-electron chi connectivity index (χ1n) is 4.13. The molecule has 1 aliphatic heterocycles. The molecule has 2 rings (SSSR count). The van der Waals surface area contributed by atoms with Crippen LogP contribution in [0.25, 0.3) is 0 Å². The SMILES string of the molecule is O=C1CCCN(C2CC2)C1=O. The van der Waals surface area contributed by atoms with Gasteiger partial charge in [-0.3, -0.25) is 9.59 Å². The zero-order chi connectivity index (χ0) is 7.84. The maximum atomic E-state index is 11.2. The zero-order valence-electron chi connectivity index (χ0n) is 6.38. The van der Waals surface area contributed by atoms with Crippen molar-refractivity contribution in [3.8, 4) is 0 Å². The summed E-state index contributed by atoms with van der Waals surface area (Å²) in [6, 6.07) is 0.409. The molecule has 1 saturated heterocycles. The first-order valence-corrected chi connectivity index (χ1v) is 4.13. The number of rotatable bonds is 1. The van der Waals surface area contributed by atoms with E-state index in [9.17, 15) is 9.59 Å². The number of likely N-dealkylation sites (tertiary alicyclic amines) is 1. The maximum absolute atomic E-state index is 11.2. The number of piperidine rings is 1. The Morgan fingerprint density at radius 2 is 2.00 bits per heavy atom. The normalized spacial score (nSPS) is 26.0. The molecule has 0 unspecified atom stereocenters. The third-order valence-corrected chi connectivity index (χ3v) is 2.29. The van der Waals surface area contributed by atoms with Crippen molar-refractivity contribution in [2.75, 3.05) is 6.54 Å². The van der Waals surface area contributed by atoms with Gasteiger partial charge in [0.25, 0.3) is 5.91 Å². The van der Waals surface area contributed by atoms with Crippen LogP contribution in [0.15, 0.2) is 0 Å². The Balaban J connectivity index is 2.07. The lowest BCUT2D eigenvalue weighted by molar-refractivity contribution is -0.147. The number of ketones is 1. The van der Waals surface area contributed by atoms with Crippen LogP contribution in [0.1, 0.15) is 25.7 Å². The summed E-state index contributed by atoms with van der Waals surface area (Å²) in [5.41, 5.74) is 0. The van der Waals surface area contributed by atoms with Crippen molar-refractivity contribution in [2.45, 2.75) is 31.7 Å². The Morgan fingerprint density at radius 3 is 2.64 bits per heavy atom. The lowest BCUT2D eigenvalue weighted by Crippen LogP contribution is -2.42. The topological polar surface area (TPSA) is 37.4 Å². The molecule has 2 aliphatic rings. The van der Waals surface area contributed by atoms with Gasteiger partial charge in [0.1, 0.15) is 0 Å². The van der Waals surface area contributed by atoms with Gasteiger partial charge in [0.05, 0.1) is 0 Å². The van der Waals surface area contributed by atoms with Crippen molar-refractivity contribution >= 4 is 11.7 Å². The van der Waals surface area contributed by atoms with Gasteiger partial charge in [-0.1, -0.05) is 0 Å². The van der Waals surface area contributed by atoms with Gasteiger partial charge in [0, 0.05) is 19.0 Å². The average molecular weight is 153 g/mol. The third kappa shape index (κ3) is 1.15. The highest BCUT2D eigenvalue weighted by atomic mass is 16.2. The molecule has 3 nitrogen and oxygen atoms in total. The van der Waals surface area contributed by atoms with Gasteiger partial charge in [0.15, 0.2) is 0 Å². The molecule has 0 aromatic heterocycles. The second kappa shape index (κ2) is 2.32. The summed E-state index contributed by atoms with van der Waals surface area (Å²) in [5.74, 6) is -0.429. The molecule has 1 aliphatic carbocycles. The Labute approximate surface area is 65.4 Å². The number of amides is 1. The predicted molar refractivity (Wildman–Crippen MR) is 39.0 cm³/mol. The number of hydrogen-bond donors (Lipinski definition) is 0. The molecule has 60 valence electrons.